The minimum atomic E-state index is -1.36. The summed E-state index contributed by atoms with van der Waals surface area (Å²) >= 11 is 0. The lowest BCUT2D eigenvalue weighted by Gasteiger charge is -2.50. The van der Waals surface area contributed by atoms with Gasteiger partial charge in [-0.25, -0.2) is 4.79 Å². The standard InChI is InChI=1S/C22H28O8/c1-13-14(28-16(23)12-15(13)27-5)10-8-6-7-9-11-20(2)17(24)21(3)18(25)22(4,30-20)19(26)29-21/h6-12,17-19,24-26H,1-5H3. The van der Waals surface area contributed by atoms with Crippen LogP contribution in [-0.4, -0.2) is 57.7 Å². The van der Waals surface area contributed by atoms with Crippen molar-refractivity contribution in [2.45, 2.75) is 63.0 Å². The highest BCUT2D eigenvalue weighted by atomic mass is 16.7. The first-order valence-corrected chi connectivity index (χ1v) is 9.61. The van der Waals surface area contributed by atoms with Gasteiger partial charge in [-0.1, -0.05) is 30.4 Å². The number of allylic oxidation sites excluding steroid dienone is 4. The minimum Gasteiger partial charge on any atom is -0.496 e. The predicted molar refractivity (Wildman–Crippen MR) is 109 cm³/mol. The van der Waals surface area contributed by atoms with E-state index in [1.54, 1.807) is 64.2 Å². The van der Waals surface area contributed by atoms with Crippen molar-refractivity contribution in [1.29, 1.82) is 0 Å². The molecule has 0 radical (unpaired) electrons. The van der Waals surface area contributed by atoms with Crippen LogP contribution in [0.1, 0.15) is 32.1 Å². The molecule has 2 aliphatic rings. The maximum atomic E-state index is 11.6. The Morgan fingerprint density at radius 2 is 1.70 bits per heavy atom. The van der Waals surface area contributed by atoms with Crippen LogP contribution in [0.3, 0.4) is 0 Å². The van der Waals surface area contributed by atoms with Gasteiger partial charge in [0, 0.05) is 5.56 Å². The third-order valence-electron chi connectivity index (χ3n) is 5.89. The Morgan fingerprint density at radius 1 is 1.03 bits per heavy atom. The molecule has 0 aliphatic carbocycles. The van der Waals surface area contributed by atoms with E-state index < -0.39 is 40.9 Å². The zero-order chi connectivity index (χ0) is 22.3. The third kappa shape index (κ3) is 3.55. The number of hydrogen-bond acceptors (Lipinski definition) is 8. The molecule has 2 aliphatic heterocycles. The molecule has 1 aromatic rings. The Morgan fingerprint density at radius 3 is 2.37 bits per heavy atom. The van der Waals surface area contributed by atoms with Crippen molar-refractivity contribution in [3.8, 4) is 5.75 Å². The molecular formula is C22H28O8. The van der Waals surface area contributed by atoms with Crippen LogP contribution in [0.15, 0.2) is 45.7 Å². The van der Waals surface area contributed by atoms with E-state index in [1.165, 1.54) is 13.2 Å². The number of hydrogen-bond donors (Lipinski definition) is 3. The van der Waals surface area contributed by atoms with E-state index >= 15 is 0 Å². The molecule has 8 nitrogen and oxygen atoms in total. The van der Waals surface area contributed by atoms with E-state index in [0.717, 1.165) is 0 Å². The first-order valence-electron chi connectivity index (χ1n) is 9.61. The van der Waals surface area contributed by atoms with Gasteiger partial charge in [-0.3, -0.25) is 0 Å². The molecule has 3 N–H and O–H groups in total. The number of ether oxygens (including phenoxy) is 3. The van der Waals surface area contributed by atoms with Gasteiger partial charge >= 0.3 is 5.63 Å². The monoisotopic (exact) mass is 420 g/mol. The number of aliphatic hydroxyl groups is 3. The predicted octanol–water partition coefficient (Wildman–Crippen LogP) is 1.46. The van der Waals surface area contributed by atoms with E-state index in [-0.39, 0.29) is 0 Å². The molecule has 2 bridgehead atoms. The van der Waals surface area contributed by atoms with E-state index in [4.69, 9.17) is 18.6 Å². The largest absolute Gasteiger partial charge is 0.496 e. The molecule has 0 saturated carbocycles. The Balaban J connectivity index is 1.74. The molecule has 2 fully saturated rings. The molecule has 8 heteroatoms. The van der Waals surface area contributed by atoms with Crippen LogP contribution in [-0.2, 0) is 9.47 Å². The summed E-state index contributed by atoms with van der Waals surface area (Å²) < 4.78 is 21.7. The van der Waals surface area contributed by atoms with Crippen molar-refractivity contribution in [3.63, 3.8) is 0 Å². The summed E-state index contributed by atoms with van der Waals surface area (Å²) in [6.07, 6.45) is 6.32. The first kappa shape index (κ1) is 22.5. The highest BCUT2D eigenvalue weighted by Gasteiger charge is 2.71. The second kappa shape index (κ2) is 7.79. The summed E-state index contributed by atoms with van der Waals surface area (Å²) in [5.41, 5.74) is -3.71. The van der Waals surface area contributed by atoms with Crippen LogP contribution in [0.5, 0.6) is 5.75 Å². The van der Waals surface area contributed by atoms with Crippen LogP contribution in [0.2, 0.25) is 0 Å². The number of rotatable bonds is 5. The van der Waals surface area contributed by atoms with Crippen LogP contribution < -0.4 is 10.4 Å². The zero-order valence-corrected chi connectivity index (χ0v) is 17.7. The minimum absolute atomic E-state index is 0.392. The van der Waals surface area contributed by atoms with Gasteiger partial charge in [0.15, 0.2) is 6.29 Å². The molecule has 3 rings (SSSR count). The van der Waals surface area contributed by atoms with Crippen molar-refractivity contribution in [2.24, 2.45) is 0 Å². The fraction of sp³-hybridized carbons (Fsp3) is 0.500. The van der Waals surface area contributed by atoms with Gasteiger partial charge in [-0.2, -0.15) is 0 Å². The summed E-state index contributed by atoms with van der Waals surface area (Å²) in [4.78, 5) is 11.6. The van der Waals surface area contributed by atoms with Gasteiger partial charge in [0.25, 0.3) is 0 Å². The molecule has 164 valence electrons. The molecule has 6 unspecified atom stereocenters. The summed E-state index contributed by atoms with van der Waals surface area (Å²) in [6.45, 7) is 6.55. The van der Waals surface area contributed by atoms with Crippen molar-refractivity contribution in [3.05, 3.63) is 58.2 Å². The van der Waals surface area contributed by atoms with Gasteiger partial charge in [0.2, 0.25) is 0 Å². The van der Waals surface area contributed by atoms with Gasteiger partial charge in [-0.15, -0.1) is 0 Å². The maximum absolute atomic E-state index is 11.6. The van der Waals surface area contributed by atoms with Gasteiger partial charge in [-0.05, 0) is 33.8 Å². The average Bonchev–Trinajstić information content (AvgIpc) is 2.82. The highest BCUT2D eigenvalue weighted by molar-refractivity contribution is 5.52. The molecule has 0 aromatic carbocycles. The number of aliphatic hydroxyl groups excluding tert-OH is 3. The Hall–Kier alpha value is -2.23. The van der Waals surface area contributed by atoms with Crippen LogP contribution in [0, 0.1) is 6.92 Å². The summed E-state index contributed by atoms with van der Waals surface area (Å²) in [7, 11) is 1.48. The molecule has 1 aromatic heterocycles. The first-order chi connectivity index (χ1) is 14.0. The fourth-order valence-corrected chi connectivity index (χ4v) is 4.11. The van der Waals surface area contributed by atoms with Gasteiger partial charge < -0.3 is 33.9 Å². The molecule has 30 heavy (non-hydrogen) atoms. The van der Waals surface area contributed by atoms with E-state index in [2.05, 4.69) is 0 Å². The lowest BCUT2D eigenvalue weighted by molar-refractivity contribution is -0.264. The average molecular weight is 420 g/mol. The Kier molecular flexibility index (Phi) is 5.83. The second-order valence-corrected chi connectivity index (χ2v) is 8.16. The SMILES string of the molecule is COc1cc(=O)oc(C=CC=CC=CC2(C)OC3(C)C(O)OC(C)(C2O)C3O)c1C. The van der Waals surface area contributed by atoms with Gasteiger partial charge in [0.05, 0.1) is 13.2 Å². The summed E-state index contributed by atoms with van der Waals surface area (Å²) in [5, 5.41) is 31.4. The van der Waals surface area contributed by atoms with Crippen LogP contribution >= 0.6 is 0 Å². The number of fused-ring (bicyclic) bond motifs is 2. The maximum Gasteiger partial charge on any atom is 0.339 e. The zero-order valence-electron chi connectivity index (χ0n) is 17.7. The number of methoxy groups -OCH3 is 1. The molecule has 0 spiro atoms. The second-order valence-electron chi connectivity index (χ2n) is 8.16. The molecule has 6 atom stereocenters. The third-order valence-corrected chi connectivity index (χ3v) is 5.89. The van der Waals surface area contributed by atoms with Crippen molar-refractivity contribution >= 4 is 6.08 Å². The van der Waals surface area contributed by atoms with E-state index in [1.807, 2.05) is 0 Å². The molecule has 0 amide bonds. The molecular weight excluding hydrogens is 392 g/mol. The van der Waals surface area contributed by atoms with Crippen molar-refractivity contribution in [1.82, 2.24) is 0 Å². The Labute approximate surface area is 174 Å². The normalized spacial score (nSPS) is 38.9. The summed E-state index contributed by atoms with van der Waals surface area (Å²) in [6, 6.07) is 1.28. The lowest BCUT2D eigenvalue weighted by Crippen LogP contribution is -2.69. The lowest BCUT2D eigenvalue weighted by atomic mass is 9.74. The van der Waals surface area contributed by atoms with Gasteiger partial charge in [0.1, 0.15) is 40.5 Å². The van der Waals surface area contributed by atoms with Crippen LogP contribution in [0.25, 0.3) is 6.08 Å². The Bertz CT molecular complexity index is 947. The summed E-state index contributed by atoms with van der Waals surface area (Å²) in [5.74, 6) is 0.845. The molecule has 3 heterocycles. The smallest absolute Gasteiger partial charge is 0.339 e. The quantitative estimate of drug-likeness (QED) is 0.613. The van der Waals surface area contributed by atoms with Crippen molar-refractivity contribution in [2.75, 3.05) is 7.11 Å². The van der Waals surface area contributed by atoms with E-state index in [0.29, 0.717) is 17.1 Å². The fourth-order valence-electron chi connectivity index (χ4n) is 4.11. The topological polar surface area (TPSA) is 119 Å². The molecule has 2 saturated heterocycles. The van der Waals surface area contributed by atoms with E-state index in [9.17, 15) is 20.1 Å². The highest BCUT2D eigenvalue weighted by Crippen LogP contribution is 2.51. The van der Waals surface area contributed by atoms with Crippen LogP contribution in [0.4, 0.5) is 0 Å². The van der Waals surface area contributed by atoms with Crippen molar-refractivity contribution < 1.29 is 33.9 Å².